The molecule has 7 heteroatoms. The lowest BCUT2D eigenvalue weighted by molar-refractivity contribution is -0.123. The van der Waals surface area contributed by atoms with Gasteiger partial charge in [-0.3, -0.25) is 9.69 Å². The molecule has 4 nitrogen and oxygen atoms in total. The first-order chi connectivity index (χ1) is 10.6. The number of thiocarbonyl (C=S) groups is 1. The van der Waals surface area contributed by atoms with Crippen LogP contribution in [0.5, 0.6) is 0 Å². The maximum Gasteiger partial charge on any atom is 0.276 e. The molecule has 1 aromatic carbocycles. The molecular weight excluding hydrogens is 327 g/mol. The maximum atomic E-state index is 13.8. The lowest BCUT2D eigenvalue weighted by atomic mass is 10.1. The van der Waals surface area contributed by atoms with E-state index >= 15 is 0 Å². The van der Waals surface area contributed by atoms with Gasteiger partial charge in [0.15, 0.2) is 5.11 Å². The Kier molecular flexibility index (Phi) is 4.42. The molecule has 0 saturated carbocycles. The number of nitrogens with one attached hydrogen (secondary N) is 1. The maximum absolute atomic E-state index is 13.8. The number of carbonyl (C=O) groups excluding carboxylic acids is 1. The van der Waals surface area contributed by atoms with Crippen molar-refractivity contribution in [1.82, 2.24) is 10.2 Å². The Hall–Kier alpha value is -1.50. The van der Waals surface area contributed by atoms with Crippen molar-refractivity contribution in [3.05, 3.63) is 40.3 Å². The molecule has 0 aliphatic carbocycles. The van der Waals surface area contributed by atoms with Gasteiger partial charge in [-0.25, -0.2) is 4.39 Å². The van der Waals surface area contributed by atoms with E-state index in [2.05, 4.69) is 5.32 Å². The summed E-state index contributed by atoms with van der Waals surface area (Å²) in [7, 11) is 0. The van der Waals surface area contributed by atoms with Crippen LogP contribution in [-0.4, -0.2) is 35.2 Å². The molecule has 1 amide bonds. The molecule has 22 heavy (non-hydrogen) atoms. The van der Waals surface area contributed by atoms with Crippen molar-refractivity contribution in [3.8, 4) is 0 Å². The fourth-order valence-electron chi connectivity index (χ4n) is 2.52. The van der Waals surface area contributed by atoms with E-state index in [1.165, 1.54) is 23.1 Å². The standard InChI is InChI=1S/C15H14ClFN2O2S/c16-11-4-1-5-12(17)10(11)7-13-14(20)19(15(22)18-13)8-9-3-2-6-21-9/h1,4-5,7,9H,2-3,6,8H2,(H,18,22)/b13-7+. The van der Waals surface area contributed by atoms with Gasteiger partial charge in [0.25, 0.3) is 5.91 Å². The molecule has 0 aromatic heterocycles. The Bertz CT molecular complexity index is 639. The highest BCUT2D eigenvalue weighted by atomic mass is 35.5. The van der Waals surface area contributed by atoms with Crippen LogP contribution in [0.3, 0.4) is 0 Å². The predicted octanol–water partition coefficient (Wildman–Crippen LogP) is 2.72. The van der Waals surface area contributed by atoms with Crippen LogP contribution in [0, 0.1) is 5.82 Å². The number of nitrogens with zero attached hydrogens (tertiary/aromatic N) is 1. The van der Waals surface area contributed by atoms with Crippen molar-refractivity contribution in [2.45, 2.75) is 18.9 Å². The molecule has 116 valence electrons. The summed E-state index contributed by atoms with van der Waals surface area (Å²) < 4.78 is 19.3. The number of ether oxygens (including phenoxy) is 1. The fraction of sp³-hybridized carbons (Fsp3) is 0.333. The van der Waals surface area contributed by atoms with Crippen molar-refractivity contribution >= 4 is 40.9 Å². The largest absolute Gasteiger partial charge is 0.376 e. The Labute approximate surface area is 137 Å². The van der Waals surface area contributed by atoms with Crippen LogP contribution in [0.2, 0.25) is 5.02 Å². The summed E-state index contributed by atoms with van der Waals surface area (Å²) in [4.78, 5) is 13.9. The van der Waals surface area contributed by atoms with Gasteiger partial charge in [-0.15, -0.1) is 0 Å². The Balaban J connectivity index is 1.82. The molecule has 2 aliphatic heterocycles. The average Bonchev–Trinajstić information content (AvgIpc) is 3.07. The van der Waals surface area contributed by atoms with Crippen molar-refractivity contribution in [3.63, 3.8) is 0 Å². The van der Waals surface area contributed by atoms with Crippen molar-refractivity contribution in [1.29, 1.82) is 0 Å². The lowest BCUT2D eigenvalue weighted by Crippen LogP contribution is -2.37. The summed E-state index contributed by atoms with van der Waals surface area (Å²) in [6.07, 6.45) is 3.28. The normalized spacial score (nSPS) is 23.5. The van der Waals surface area contributed by atoms with Crippen molar-refractivity contribution < 1.29 is 13.9 Å². The van der Waals surface area contributed by atoms with Gasteiger partial charge in [0.1, 0.15) is 11.5 Å². The average molecular weight is 341 g/mol. The molecule has 2 fully saturated rings. The second-order valence-corrected chi connectivity index (χ2v) is 5.97. The van der Waals surface area contributed by atoms with Crippen LogP contribution in [0.4, 0.5) is 4.39 Å². The highest BCUT2D eigenvalue weighted by molar-refractivity contribution is 7.80. The zero-order valence-electron chi connectivity index (χ0n) is 11.6. The molecule has 1 unspecified atom stereocenters. The fourth-order valence-corrected chi connectivity index (χ4v) is 3.01. The number of rotatable bonds is 3. The van der Waals surface area contributed by atoms with Gasteiger partial charge >= 0.3 is 0 Å². The van der Waals surface area contributed by atoms with Crippen molar-refractivity contribution in [2.24, 2.45) is 0 Å². The molecule has 0 bridgehead atoms. The summed E-state index contributed by atoms with van der Waals surface area (Å²) in [6.45, 7) is 1.12. The van der Waals surface area contributed by atoms with Gasteiger partial charge in [-0.05, 0) is 43.3 Å². The highest BCUT2D eigenvalue weighted by Gasteiger charge is 2.33. The number of hydrogen-bond acceptors (Lipinski definition) is 3. The Morgan fingerprint density at radius 1 is 1.55 bits per heavy atom. The van der Waals surface area contributed by atoms with Crippen LogP contribution in [0.15, 0.2) is 23.9 Å². The SMILES string of the molecule is O=C1/C(=C\c2c(F)cccc2Cl)NC(=S)N1CC1CCCO1. The van der Waals surface area contributed by atoms with Gasteiger partial charge in [0.2, 0.25) is 0 Å². The lowest BCUT2D eigenvalue weighted by Gasteiger charge is -2.18. The molecule has 1 aromatic rings. The van der Waals surface area contributed by atoms with E-state index in [0.717, 1.165) is 12.8 Å². The van der Waals surface area contributed by atoms with E-state index in [1.54, 1.807) is 6.07 Å². The minimum Gasteiger partial charge on any atom is -0.376 e. The molecule has 1 atom stereocenters. The zero-order valence-corrected chi connectivity index (χ0v) is 13.2. The quantitative estimate of drug-likeness (QED) is 0.678. The topological polar surface area (TPSA) is 41.6 Å². The second kappa shape index (κ2) is 6.32. The van der Waals surface area contributed by atoms with Crippen LogP contribution in [0.25, 0.3) is 6.08 Å². The minimum absolute atomic E-state index is 0.0000920. The first kappa shape index (κ1) is 15.4. The van der Waals surface area contributed by atoms with Gasteiger partial charge in [0.05, 0.1) is 17.7 Å². The Morgan fingerprint density at radius 2 is 2.36 bits per heavy atom. The summed E-state index contributed by atoms with van der Waals surface area (Å²) in [5.41, 5.74) is 0.386. The first-order valence-corrected chi connectivity index (χ1v) is 7.75. The van der Waals surface area contributed by atoms with E-state index < -0.39 is 5.82 Å². The molecular formula is C15H14ClFN2O2S. The summed E-state index contributed by atoms with van der Waals surface area (Å²) in [6, 6.07) is 4.37. The molecule has 2 aliphatic rings. The Morgan fingerprint density at radius 3 is 3.05 bits per heavy atom. The van der Waals surface area contributed by atoms with Crippen molar-refractivity contribution in [2.75, 3.05) is 13.2 Å². The summed E-state index contributed by atoms with van der Waals surface area (Å²) in [5, 5.41) is 3.36. The highest BCUT2D eigenvalue weighted by Crippen LogP contribution is 2.24. The number of carbonyl (C=O) groups is 1. The zero-order chi connectivity index (χ0) is 15.7. The third kappa shape index (κ3) is 2.99. The third-order valence-electron chi connectivity index (χ3n) is 3.66. The molecule has 3 rings (SSSR count). The monoisotopic (exact) mass is 340 g/mol. The first-order valence-electron chi connectivity index (χ1n) is 6.96. The van der Waals surface area contributed by atoms with Crippen LogP contribution in [0.1, 0.15) is 18.4 Å². The van der Waals surface area contributed by atoms with Gasteiger partial charge in [-0.1, -0.05) is 17.7 Å². The van der Waals surface area contributed by atoms with Gasteiger partial charge in [0, 0.05) is 12.2 Å². The molecule has 0 spiro atoms. The minimum atomic E-state index is -0.488. The van der Waals surface area contributed by atoms with Crippen LogP contribution in [-0.2, 0) is 9.53 Å². The van der Waals surface area contributed by atoms with E-state index in [0.29, 0.717) is 18.3 Å². The number of hydrogen-bond donors (Lipinski definition) is 1. The molecule has 1 N–H and O–H groups in total. The summed E-state index contributed by atoms with van der Waals surface area (Å²) >= 11 is 11.2. The van der Waals surface area contributed by atoms with E-state index in [9.17, 15) is 9.18 Å². The third-order valence-corrected chi connectivity index (χ3v) is 4.31. The van der Waals surface area contributed by atoms with Gasteiger partial charge < -0.3 is 10.1 Å². The molecule has 2 saturated heterocycles. The van der Waals surface area contributed by atoms with Crippen LogP contribution < -0.4 is 5.32 Å². The number of amides is 1. The van der Waals surface area contributed by atoms with Crippen LogP contribution >= 0.6 is 23.8 Å². The van der Waals surface area contributed by atoms with E-state index in [4.69, 9.17) is 28.6 Å². The molecule has 2 heterocycles. The smallest absolute Gasteiger partial charge is 0.276 e. The number of halogens is 2. The van der Waals surface area contributed by atoms with E-state index in [1.807, 2.05) is 0 Å². The van der Waals surface area contributed by atoms with E-state index in [-0.39, 0.29) is 28.3 Å². The molecule has 0 radical (unpaired) electrons. The second-order valence-electron chi connectivity index (χ2n) is 5.17. The number of benzene rings is 1. The summed E-state index contributed by atoms with van der Waals surface area (Å²) in [5.74, 6) is -0.780. The predicted molar refractivity (Wildman–Crippen MR) is 85.8 cm³/mol. The van der Waals surface area contributed by atoms with Gasteiger partial charge in [-0.2, -0.15) is 0 Å².